The highest BCUT2D eigenvalue weighted by molar-refractivity contribution is 6.33. The standard InChI is InChI=1S/C15H14ClNO3/c1-9(10-4-2-3-5-13(10)18)17-12-7-15-14(6-11(12)16)19-8-20-15/h2-7,9,17-18H,8H2,1H3. The molecule has 1 heterocycles. The predicted molar refractivity (Wildman–Crippen MR) is 77.7 cm³/mol. The molecule has 2 aromatic rings. The van der Waals surface area contributed by atoms with E-state index in [1.54, 1.807) is 24.3 Å². The lowest BCUT2D eigenvalue weighted by atomic mass is 10.1. The van der Waals surface area contributed by atoms with Crippen molar-refractivity contribution in [2.45, 2.75) is 13.0 Å². The van der Waals surface area contributed by atoms with Gasteiger partial charge in [0.15, 0.2) is 11.5 Å². The van der Waals surface area contributed by atoms with Crippen LogP contribution in [0, 0.1) is 0 Å². The molecule has 2 N–H and O–H groups in total. The Labute approximate surface area is 121 Å². The number of phenolic OH excluding ortho intramolecular Hbond substituents is 1. The van der Waals surface area contributed by atoms with Crippen molar-refractivity contribution in [3.05, 3.63) is 47.0 Å². The van der Waals surface area contributed by atoms with E-state index in [4.69, 9.17) is 21.1 Å². The topological polar surface area (TPSA) is 50.7 Å². The van der Waals surface area contributed by atoms with Crippen LogP contribution >= 0.6 is 11.6 Å². The summed E-state index contributed by atoms with van der Waals surface area (Å²) >= 11 is 6.22. The Balaban J connectivity index is 1.86. The van der Waals surface area contributed by atoms with E-state index in [-0.39, 0.29) is 18.6 Å². The van der Waals surface area contributed by atoms with Crippen LogP contribution in [0.1, 0.15) is 18.5 Å². The number of para-hydroxylation sites is 1. The van der Waals surface area contributed by atoms with Gasteiger partial charge in [0.05, 0.1) is 16.8 Å². The molecule has 1 unspecified atom stereocenters. The fraction of sp³-hybridized carbons (Fsp3) is 0.200. The highest BCUT2D eigenvalue weighted by Gasteiger charge is 2.18. The van der Waals surface area contributed by atoms with Crippen LogP contribution in [0.4, 0.5) is 5.69 Å². The second-order valence-corrected chi connectivity index (χ2v) is 5.02. The van der Waals surface area contributed by atoms with Gasteiger partial charge in [0, 0.05) is 17.7 Å². The fourth-order valence-electron chi connectivity index (χ4n) is 2.19. The van der Waals surface area contributed by atoms with Gasteiger partial charge in [-0.3, -0.25) is 0 Å². The average Bonchev–Trinajstić information content (AvgIpc) is 2.86. The van der Waals surface area contributed by atoms with E-state index >= 15 is 0 Å². The lowest BCUT2D eigenvalue weighted by molar-refractivity contribution is 0.174. The van der Waals surface area contributed by atoms with Crippen molar-refractivity contribution in [3.63, 3.8) is 0 Å². The monoisotopic (exact) mass is 291 g/mol. The summed E-state index contributed by atoms with van der Waals surface area (Å²) in [5.74, 6) is 1.57. The SMILES string of the molecule is CC(Nc1cc2c(cc1Cl)OCO2)c1ccccc1O. The van der Waals surface area contributed by atoms with Crippen LogP contribution in [0.3, 0.4) is 0 Å². The Hall–Kier alpha value is -2.07. The number of aromatic hydroxyl groups is 1. The maximum atomic E-state index is 9.87. The lowest BCUT2D eigenvalue weighted by Gasteiger charge is -2.18. The molecule has 0 saturated carbocycles. The van der Waals surface area contributed by atoms with Gasteiger partial charge in [-0.25, -0.2) is 0 Å². The minimum atomic E-state index is -0.0888. The molecule has 0 bridgehead atoms. The van der Waals surface area contributed by atoms with Gasteiger partial charge in [0.2, 0.25) is 6.79 Å². The summed E-state index contributed by atoms with van der Waals surface area (Å²) in [6.45, 7) is 2.17. The van der Waals surface area contributed by atoms with Crippen molar-refractivity contribution >= 4 is 17.3 Å². The number of phenols is 1. The minimum Gasteiger partial charge on any atom is -0.508 e. The van der Waals surface area contributed by atoms with Crippen LogP contribution in [-0.4, -0.2) is 11.9 Å². The van der Waals surface area contributed by atoms with Crippen LogP contribution < -0.4 is 14.8 Å². The molecule has 3 rings (SSSR count). The molecule has 0 radical (unpaired) electrons. The molecule has 0 fully saturated rings. The maximum absolute atomic E-state index is 9.87. The van der Waals surface area contributed by atoms with E-state index in [2.05, 4.69) is 5.32 Å². The van der Waals surface area contributed by atoms with Gasteiger partial charge in [0.25, 0.3) is 0 Å². The summed E-state index contributed by atoms with van der Waals surface area (Å²) < 4.78 is 10.6. The van der Waals surface area contributed by atoms with Crippen LogP contribution in [0.2, 0.25) is 5.02 Å². The molecule has 1 aliphatic heterocycles. The summed E-state index contributed by atoms with van der Waals surface area (Å²) in [7, 11) is 0. The summed E-state index contributed by atoms with van der Waals surface area (Å²) in [5, 5.41) is 13.7. The molecule has 0 aliphatic carbocycles. The maximum Gasteiger partial charge on any atom is 0.231 e. The summed E-state index contributed by atoms with van der Waals surface area (Å²) in [5.41, 5.74) is 1.55. The zero-order valence-corrected chi connectivity index (χ0v) is 11.6. The molecule has 4 nitrogen and oxygen atoms in total. The van der Waals surface area contributed by atoms with Crippen LogP contribution in [0.15, 0.2) is 36.4 Å². The van der Waals surface area contributed by atoms with Gasteiger partial charge in [-0.1, -0.05) is 29.8 Å². The second kappa shape index (κ2) is 5.13. The van der Waals surface area contributed by atoms with Crippen LogP contribution in [-0.2, 0) is 0 Å². The van der Waals surface area contributed by atoms with Crippen LogP contribution in [0.5, 0.6) is 17.2 Å². The molecule has 1 atom stereocenters. The second-order valence-electron chi connectivity index (χ2n) is 4.61. The number of benzene rings is 2. The molecule has 20 heavy (non-hydrogen) atoms. The van der Waals surface area contributed by atoms with Crippen LogP contribution in [0.25, 0.3) is 0 Å². The van der Waals surface area contributed by atoms with E-state index in [0.29, 0.717) is 16.5 Å². The first kappa shape index (κ1) is 12.9. The number of anilines is 1. The molecular formula is C15H14ClNO3. The average molecular weight is 292 g/mol. The molecule has 104 valence electrons. The number of hydrogen-bond donors (Lipinski definition) is 2. The number of halogens is 1. The third kappa shape index (κ3) is 2.34. The molecule has 0 aromatic heterocycles. The minimum absolute atomic E-state index is 0.0888. The molecular weight excluding hydrogens is 278 g/mol. The molecule has 0 amide bonds. The van der Waals surface area contributed by atoms with Crippen molar-refractivity contribution in [1.29, 1.82) is 0 Å². The lowest BCUT2D eigenvalue weighted by Crippen LogP contribution is -2.07. The quantitative estimate of drug-likeness (QED) is 0.899. The Bertz CT molecular complexity index is 645. The third-order valence-corrected chi connectivity index (χ3v) is 3.55. The molecule has 0 saturated heterocycles. The van der Waals surface area contributed by atoms with Gasteiger partial charge in [-0.2, -0.15) is 0 Å². The number of rotatable bonds is 3. The zero-order chi connectivity index (χ0) is 14.1. The predicted octanol–water partition coefficient (Wildman–Crippen LogP) is 3.95. The van der Waals surface area contributed by atoms with Crippen molar-refractivity contribution < 1.29 is 14.6 Å². The number of fused-ring (bicyclic) bond motifs is 1. The summed E-state index contributed by atoms with van der Waals surface area (Å²) in [6.07, 6.45) is 0. The van der Waals surface area contributed by atoms with E-state index in [1.165, 1.54) is 0 Å². The van der Waals surface area contributed by atoms with Gasteiger partial charge in [-0.05, 0) is 13.0 Å². The van der Waals surface area contributed by atoms with E-state index in [1.807, 2.05) is 19.1 Å². The van der Waals surface area contributed by atoms with Crippen molar-refractivity contribution in [2.24, 2.45) is 0 Å². The Kier molecular flexibility index (Phi) is 3.32. The number of ether oxygens (including phenoxy) is 2. The number of nitrogens with one attached hydrogen (secondary N) is 1. The fourth-order valence-corrected chi connectivity index (χ4v) is 2.40. The van der Waals surface area contributed by atoms with E-state index in [0.717, 1.165) is 11.3 Å². The van der Waals surface area contributed by atoms with Crippen molar-refractivity contribution in [1.82, 2.24) is 0 Å². The molecule has 0 spiro atoms. The Morgan fingerprint density at radius 1 is 1.20 bits per heavy atom. The third-order valence-electron chi connectivity index (χ3n) is 3.24. The smallest absolute Gasteiger partial charge is 0.231 e. The van der Waals surface area contributed by atoms with Gasteiger partial charge in [-0.15, -0.1) is 0 Å². The Morgan fingerprint density at radius 2 is 1.90 bits per heavy atom. The summed E-state index contributed by atoms with van der Waals surface area (Å²) in [6, 6.07) is 10.6. The highest BCUT2D eigenvalue weighted by Crippen LogP contribution is 2.40. The van der Waals surface area contributed by atoms with Crippen molar-refractivity contribution in [2.75, 3.05) is 12.1 Å². The van der Waals surface area contributed by atoms with Gasteiger partial charge < -0.3 is 19.9 Å². The van der Waals surface area contributed by atoms with E-state index < -0.39 is 0 Å². The van der Waals surface area contributed by atoms with E-state index in [9.17, 15) is 5.11 Å². The molecule has 5 heteroatoms. The normalized spacial score (nSPS) is 14.1. The zero-order valence-electron chi connectivity index (χ0n) is 10.9. The van der Waals surface area contributed by atoms with Gasteiger partial charge in [0.1, 0.15) is 5.75 Å². The highest BCUT2D eigenvalue weighted by atomic mass is 35.5. The first-order valence-electron chi connectivity index (χ1n) is 6.28. The largest absolute Gasteiger partial charge is 0.508 e. The van der Waals surface area contributed by atoms with Crippen molar-refractivity contribution in [3.8, 4) is 17.2 Å². The molecule has 2 aromatic carbocycles. The first-order valence-corrected chi connectivity index (χ1v) is 6.66. The first-order chi connectivity index (χ1) is 9.65. The van der Waals surface area contributed by atoms with Gasteiger partial charge >= 0.3 is 0 Å². The summed E-state index contributed by atoms with van der Waals surface area (Å²) in [4.78, 5) is 0. The number of hydrogen-bond acceptors (Lipinski definition) is 4. The molecule has 1 aliphatic rings. The Morgan fingerprint density at radius 3 is 2.65 bits per heavy atom.